The fourth-order valence-electron chi connectivity index (χ4n) is 7.60. The summed E-state index contributed by atoms with van der Waals surface area (Å²) in [5.74, 6) is 0. The SMILES string of the molecule is c1ccc2c(c1)oc1cc3c4ccccc4n(-c4ccc5sc6c(-c7cccc8oc9ccccc9c78)cccc6c5c4)c3cc12. The molecule has 0 bridgehead atoms. The van der Waals surface area contributed by atoms with Crippen molar-refractivity contribution in [1.82, 2.24) is 4.57 Å². The molecule has 3 nitrogen and oxygen atoms in total. The van der Waals surface area contributed by atoms with Crippen LogP contribution in [-0.4, -0.2) is 4.57 Å². The molecule has 4 heterocycles. The lowest BCUT2D eigenvalue weighted by atomic mass is 9.98. The topological polar surface area (TPSA) is 31.2 Å². The molecule has 11 aromatic rings. The zero-order valence-electron chi connectivity index (χ0n) is 24.5. The van der Waals surface area contributed by atoms with Gasteiger partial charge in [-0.05, 0) is 60.2 Å². The molecule has 7 aromatic carbocycles. The Morgan fingerprint density at radius 3 is 2.02 bits per heavy atom. The van der Waals surface area contributed by atoms with Gasteiger partial charge in [-0.1, -0.05) is 84.9 Å². The van der Waals surface area contributed by atoms with Crippen LogP contribution in [0.2, 0.25) is 0 Å². The number of hydrogen-bond acceptors (Lipinski definition) is 3. The van der Waals surface area contributed by atoms with Gasteiger partial charge in [0.1, 0.15) is 22.3 Å². The molecule has 0 unspecified atom stereocenters. The van der Waals surface area contributed by atoms with Gasteiger partial charge in [-0.3, -0.25) is 0 Å². The van der Waals surface area contributed by atoms with Crippen molar-refractivity contribution < 1.29 is 8.83 Å². The van der Waals surface area contributed by atoms with E-state index in [0.29, 0.717) is 0 Å². The number of para-hydroxylation sites is 3. The van der Waals surface area contributed by atoms with Crippen molar-refractivity contribution >= 4 is 97.2 Å². The van der Waals surface area contributed by atoms with Gasteiger partial charge in [0.25, 0.3) is 0 Å². The normalized spacial score (nSPS) is 12.3. The average molecular weight is 606 g/mol. The highest BCUT2D eigenvalue weighted by molar-refractivity contribution is 7.26. The molecule has 0 fully saturated rings. The second-order valence-electron chi connectivity index (χ2n) is 12.1. The summed E-state index contributed by atoms with van der Waals surface area (Å²) >= 11 is 1.87. The van der Waals surface area contributed by atoms with Crippen molar-refractivity contribution in [1.29, 1.82) is 0 Å². The molecule has 0 aliphatic carbocycles. The monoisotopic (exact) mass is 605 g/mol. The predicted molar refractivity (Wildman–Crippen MR) is 194 cm³/mol. The van der Waals surface area contributed by atoms with E-state index in [1.165, 1.54) is 58.5 Å². The summed E-state index contributed by atoms with van der Waals surface area (Å²) in [6.07, 6.45) is 0. The van der Waals surface area contributed by atoms with E-state index in [-0.39, 0.29) is 0 Å². The van der Waals surface area contributed by atoms with Crippen molar-refractivity contribution in [3.8, 4) is 16.8 Å². The van der Waals surface area contributed by atoms with Gasteiger partial charge in [-0.2, -0.15) is 0 Å². The van der Waals surface area contributed by atoms with E-state index in [1.54, 1.807) is 0 Å². The molecule has 0 atom stereocenters. The minimum atomic E-state index is 0.919. The average Bonchev–Trinajstić information content (AvgIpc) is 3.85. The van der Waals surface area contributed by atoms with Crippen LogP contribution in [0.4, 0.5) is 0 Å². The number of hydrogen-bond donors (Lipinski definition) is 0. The first kappa shape index (κ1) is 24.5. The molecule has 4 aromatic heterocycles. The van der Waals surface area contributed by atoms with Crippen LogP contribution in [0, 0.1) is 0 Å². The molecule has 0 amide bonds. The molecular formula is C42H23NO2S. The van der Waals surface area contributed by atoms with Crippen LogP contribution in [0.15, 0.2) is 148 Å². The van der Waals surface area contributed by atoms with Gasteiger partial charge in [-0.15, -0.1) is 11.3 Å². The summed E-state index contributed by atoms with van der Waals surface area (Å²) in [5, 5.41) is 9.56. The number of aromatic nitrogens is 1. The number of furan rings is 2. The van der Waals surface area contributed by atoms with Gasteiger partial charge in [0, 0.05) is 63.7 Å². The maximum absolute atomic E-state index is 6.30. The number of fused-ring (bicyclic) bond motifs is 12. The molecule has 11 rings (SSSR count). The lowest BCUT2D eigenvalue weighted by molar-refractivity contribution is 0.669. The largest absolute Gasteiger partial charge is 0.456 e. The van der Waals surface area contributed by atoms with Crippen LogP contribution < -0.4 is 0 Å². The fraction of sp³-hybridized carbons (Fsp3) is 0. The summed E-state index contributed by atoms with van der Waals surface area (Å²) in [5.41, 5.74) is 9.65. The first-order valence-electron chi connectivity index (χ1n) is 15.5. The predicted octanol–water partition coefficient (Wildman–Crippen LogP) is 12.6. The Bertz CT molecular complexity index is 3040. The number of benzene rings is 7. The first-order chi connectivity index (χ1) is 22.8. The van der Waals surface area contributed by atoms with E-state index in [2.05, 4.69) is 126 Å². The minimum absolute atomic E-state index is 0.919. The Balaban J connectivity index is 1.18. The van der Waals surface area contributed by atoms with Gasteiger partial charge in [0.15, 0.2) is 0 Å². The van der Waals surface area contributed by atoms with Gasteiger partial charge < -0.3 is 13.4 Å². The smallest absolute Gasteiger partial charge is 0.136 e. The Morgan fingerprint density at radius 1 is 0.413 bits per heavy atom. The molecule has 0 aliphatic heterocycles. The second-order valence-corrected chi connectivity index (χ2v) is 13.1. The maximum atomic E-state index is 6.30. The van der Waals surface area contributed by atoms with Crippen LogP contribution >= 0.6 is 11.3 Å². The second kappa shape index (κ2) is 8.87. The number of thiophene rings is 1. The Morgan fingerprint density at radius 2 is 1.11 bits per heavy atom. The highest BCUT2D eigenvalue weighted by Crippen LogP contribution is 2.45. The summed E-state index contributed by atoms with van der Waals surface area (Å²) in [6.45, 7) is 0. The number of rotatable bonds is 2. The van der Waals surface area contributed by atoms with Crippen LogP contribution in [0.3, 0.4) is 0 Å². The lowest BCUT2D eigenvalue weighted by Crippen LogP contribution is -1.93. The summed E-state index contributed by atoms with van der Waals surface area (Å²) < 4.78 is 17.5. The molecule has 0 saturated heterocycles. The lowest BCUT2D eigenvalue weighted by Gasteiger charge is -2.09. The minimum Gasteiger partial charge on any atom is -0.456 e. The van der Waals surface area contributed by atoms with Gasteiger partial charge in [-0.25, -0.2) is 0 Å². The summed E-state index contributed by atoms with van der Waals surface area (Å²) in [4.78, 5) is 0. The highest BCUT2D eigenvalue weighted by Gasteiger charge is 2.19. The standard InChI is InChI=1S/C42H23NO2S/c1-4-15-34-25(9-1)31-23-39-32(26-10-2-5-16-36(26)45-39)22-35(31)43(34)24-19-20-40-33(21-24)29-14-7-13-28(42(29)46-40)27-12-8-18-38-41(27)30-11-3-6-17-37(30)44-38/h1-23H. The third kappa shape index (κ3) is 3.21. The molecule has 0 radical (unpaired) electrons. The van der Waals surface area contributed by atoms with Crippen LogP contribution in [-0.2, 0) is 0 Å². The zero-order chi connectivity index (χ0) is 29.9. The third-order valence-electron chi connectivity index (χ3n) is 9.60. The van der Waals surface area contributed by atoms with E-state index in [9.17, 15) is 0 Å². The van der Waals surface area contributed by atoms with Crippen molar-refractivity contribution in [3.63, 3.8) is 0 Å². The Labute approximate surface area is 266 Å². The van der Waals surface area contributed by atoms with Crippen molar-refractivity contribution in [3.05, 3.63) is 140 Å². The van der Waals surface area contributed by atoms with Gasteiger partial charge in [0.2, 0.25) is 0 Å². The molecule has 0 aliphatic rings. The third-order valence-corrected chi connectivity index (χ3v) is 10.8. The Kier molecular flexibility index (Phi) is 4.72. The summed E-state index contributed by atoms with van der Waals surface area (Å²) in [7, 11) is 0. The van der Waals surface area contributed by atoms with Crippen LogP contribution in [0.1, 0.15) is 0 Å². The van der Waals surface area contributed by atoms with Gasteiger partial charge >= 0.3 is 0 Å². The van der Waals surface area contributed by atoms with Crippen LogP contribution in [0.5, 0.6) is 0 Å². The summed E-state index contributed by atoms with van der Waals surface area (Å²) in [6, 6.07) is 49.9. The van der Waals surface area contributed by atoms with Crippen molar-refractivity contribution in [2.24, 2.45) is 0 Å². The fourth-order valence-corrected chi connectivity index (χ4v) is 8.81. The first-order valence-corrected chi connectivity index (χ1v) is 16.3. The Hall–Kier alpha value is -5.84. The molecule has 0 N–H and O–H groups in total. The molecule has 0 spiro atoms. The van der Waals surface area contributed by atoms with E-state index in [1.807, 2.05) is 29.5 Å². The van der Waals surface area contributed by atoms with Crippen molar-refractivity contribution in [2.45, 2.75) is 0 Å². The van der Waals surface area contributed by atoms with E-state index in [4.69, 9.17) is 8.83 Å². The number of nitrogens with zero attached hydrogens (tertiary/aromatic N) is 1. The molecule has 4 heteroatoms. The molecule has 214 valence electrons. The maximum Gasteiger partial charge on any atom is 0.136 e. The molecule has 0 saturated carbocycles. The highest BCUT2D eigenvalue weighted by atomic mass is 32.1. The van der Waals surface area contributed by atoms with E-state index >= 15 is 0 Å². The van der Waals surface area contributed by atoms with Crippen LogP contribution in [0.25, 0.3) is 103 Å². The van der Waals surface area contributed by atoms with E-state index in [0.717, 1.165) is 44.2 Å². The van der Waals surface area contributed by atoms with E-state index < -0.39 is 0 Å². The van der Waals surface area contributed by atoms with Gasteiger partial charge in [0.05, 0.1) is 11.0 Å². The molecule has 46 heavy (non-hydrogen) atoms. The quantitative estimate of drug-likeness (QED) is 0.196. The molecular weight excluding hydrogens is 583 g/mol. The zero-order valence-corrected chi connectivity index (χ0v) is 25.3. The van der Waals surface area contributed by atoms with Crippen molar-refractivity contribution in [2.75, 3.05) is 0 Å².